The van der Waals surface area contributed by atoms with Crippen LogP contribution in [0.4, 0.5) is 0 Å². The number of aromatic amines is 1. The average molecular weight is 161 g/mol. The zero-order valence-electron chi connectivity index (χ0n) is 5.94. The minimum absolute atomic E-state index is 0.105. The van der Waals surface area contributed by atoms with Gasteiger partial charge in [-0.2, -0.15) is 0 Å². The molecule has 1 rings (SSSR count). The summed E-state index contributed by atoms with van der Waals surface area (Å²) < 4.78 is 1.61. The van der Waals surface area contributed by atoms with Crippen LogP contribution in [0.25, 0.3) is 0 Å². The molecule has 0 radical (unpaired) electrons. The predicted molar refractivity (Wildman–Crippen MR) is 40.5 cm³/mol. The molecular weight excluding hydrogens is 152 g/mol. The molecule has 0 saturated carbocycles. The van der Waals surface area contributed by atoms with Gasteiger partial charge in [0.15, 0.2) is 0 Å². The van der Waals surface area contributed by atoms with Crippen LogP contribution in [0.3, 0.4) is 0 Å². The molecule has 0 spiro atoms. The lowest BCUT2D eigenvalue weighted by molar-refractivity contribution is 0.653. The summed E-state index contributed by atoms with van der Waals surface area (Å²) in [6, 6.07) is 0. The van der Waals surface area contributed by atoms with Crippen LogP contribution in [-0.2, 0) is 6.54 Å². The van der Waals surface area contributed by atoms with Crippen molar-refractivity contribution in [2.45, 2.75) is 20.4 Å². The summed E-state index contributed by atoms with van der Waals surface area (Å²) >= 11 is 5.75. The van der Waals surface area contributed by atoms with Gasteiger partial charge in [-0.25, -0.2) is 0 Å². The van der Waals surface area contributed by atoms with E-state index < -0.39 is 0 Å². The van der Waals surface area contributed by atoms with E-state index in [1.165, 1.54) is 0 Å². The molecule has 10 heavy (non-hydrogen) atoms. The van der Waals surface area contributed by atoms with Crippen molar-refractivity contribution in [2.75, 3.05) is 0 Å². The molecule has 0 amide bonds. The average Bonchev–Trinajstić information content (AvgIpc) is 2.17. The van der Waals surface area contributed by atoms with Gasteiger partial charge in [0.1, 0.15) is 5.15 Å². The van der Waals surface area contributed by atoms with Gasteiger partial charge in [-0.15, -0.1) is 0 Å². The SMILES string of the molecule is CCn1[nH]c(=O)c(C)c1Cl. The zero-order chi connectivity index (χ0) is 7.72. The van der Waals surface area contributed by atoms with Crippen LogP contribution >= 0.6 is 11.6 Å². The van der Waals surface area contributed by atoms with Crippen molar-refractivity contribution in [1.29, 1.82) is 0 Å². The number of hydrogen-bond donors (Lipinski definition) is 1. The van der Waals surface area contributed by atoms with E-state index in [1.807, 2.05) is 6.92 Å². The van der Waals surface area contributed by atoms with E-state index in [0.717, 1.165) is 0 Å². The van der Waals surface area contributed by atoms with Gasteiger partial charge in [0.25, 0.3) is 5.56 Å². The molecule has 0 fully saturated rings. The minimum Gasteiger partial charge on any atom is -0.274 e. The maximum atomic E-state index is 10.9. The van der Waals surface area contributed by atoms with Crippen LogP contribution in [0.5, 0.6) is 0 Å². The molecule has 0 aliphatic rings. The summed E-state index contributed by atoms with van der Waals surface area (Å²) in [4.78, 5) is 10.9. The van der Waals surface area contributed by atoms with E-state index in [-0.39, 0.29) is 5.56 Å². The number of aromatic nitrogens is 2. The third-order valence-electron chi connectivity index (χ3n) is 1.44. The minimum atomic E-state index is -0.105. The Hall–Kier alpha value is -0.700. The number of nitrogens with one attached hydrogen (secondary N) is 1. The fourth-order valence-corrected chi connectivity index (χ4v) is 1.02. The van der Waals surface area contributed by atoms with Crippen LogP contribution in [0.15, 0.2) is 4.79 Å². The first-order valence-electron chi connectivity index (χ1n) is 3.11. The Balaban J connectivity index is 3.31. The molecule has 1 aromatic rings. The van der Waals surface area contributed by atoms with E-state index in [0.29, 0.717) is 17.3 Å². The highest BCUT2D eigenvalue weighted by Crippen LogP contribution is 2.08. The number of H-pyrrole nitrogens is 1. The van der Waals surface area contributed by atoms with E-state index in [4.69, 9.17) is 11.6 Å². The molecule has 0 aliphatic carbocycles. The van der Waals surface area contributed by atoms with Gasteiger partial charge in [0.2, 0.25) is 0 Å². The monoisotopic (exact) mass is 160 g/mol. The molecule has 0 bridgehead atoms. The second-order valence-electron chi connectivity index (χ2n) is 2.10. The molecule has 3 nitrogen and oxygen atoms in total. The Kier molecular flexibility index (Phi) is 1.85. The maximum Gasteiger partial charge on any atom is 0.268 e. The first kappa shape index (κ1) is 7.41. The molecule has 0 aromatic carbocycles. The van der Waals surface area contributed by atoms with Gasteiger partial charge in [0, 0.05) is 6.54 Å². The van der Waals surface area contributed by atoms with E-state index in [1.54, 1.807) is 11.6 Å². The van der Waals surface area contributed by atoms with E-state index in [2.05, 4.69) is 5.10 Å². The molecule has 1 N–H and O–H groups in total. The van der Waals surface area contributed by atoms with Gasteiger partial charge in [-0.05, 0) is 13.8 Å². The van der Waals surface area contributed by atoms with Crippen molar-refractivity contribution in [2.24, 2.45) is 0 Å². The normalized spacial score (nSPS) is 10.3. The van der Waals surface area contributed by atoms with E-state index in [9.17, 15) is 4.79 Å². The second kappa shape index (κ2) is 2.50. The number of aryl methyl sites for hydroxylation is 1. The first-order valence-corrected chi connectivity index (χ1v) is 3.49. The van der Waals surface area contributed by atoms with Crippen molar-refractivity contribution in [3.63, 3.8) is 0 Å². The van der Waals surface area contributed by atoms with Crippen molar-refractivity contribution in [3.05, 3.63) is 21.1 Å². The fraction of sp³-hybridized carbons (Fsp3) is 0.500. The molecule has 1 aromatic heterocycles. The third kappa shape index (κ3) is 0.968. The van der Waals surface area contributed by atoms with Crippen LogP contribution in [0, 0.1) is 6.92 Å². The van der Waals surface area contributed by atoms with E-state index >= 15 is 0 Å². The summed E-state index contributed by atoms with van der Waals surface area (Å²) in [5.41, 5.74) is 0.482. The standard InChI is InChI=1S/C6H9ClN2O/c1-3-9-5(7)4(2)6(10)8-9/h3H2,1-2H3,(H,8,10). The molecular formula is C6H9ClN2O. The first-order chi connectivity index (χ1) is 4.66. The number of hydrogen-bond acceptors (Lipinski definition) is 1. The molecule has 0 unspecified atom stereocenters. The Labute approximate surface area is 63.6 Å². The molecule has 0 aliphatic heterocycles. The van der Waals surface area contributed by atoms with Crippen molar-refractivity contribution < 1.29 is 0 Å². The Morgan fingerprint density at radius 1 is 1.70 bits per heavy atom. The quantitative estimate of drug-likeness (QED) is 0.658. The smallest absolute Gasteiger partial charge is 0.268 e. The molecule has 4 heteroatoms. The lowest BCUT2D eigenvalue weighted by atomic mass is 10.4. The van der Waals surface area contributed by atoms with Crippen molar-refractivity contribution in [1.82, 2.24) is 9.78 Å². The van der Waals surface area contributed by atoms with Gasteiger partial charge < -0.3 is 0 Å². The second-order valence-corrected chi connectivity index (χ2v) is 2.46. The summed E-state index contributed by atoms with van der Waals surface area (Å²) in [7, 11) is 0. The van der Waals surface area contributed by atoms with Crippen LogP contribution in [-0.4, -0.2) is 9.78 Å². The van der Waals surface area contributed by atoms with Gasteiger partial charge in [-0.1, -0.05) is 11.6 Å². The predicted octanol–water partition coefficient (Wildman–Crippen LogP) is 1.16. The molecule has 0 saturated heterocycles. The van der Waals surface area contributed by atoms with Crippen molar-refractivity contribution in [3.8, 4) is 0 Å². The van der Waals surface area contributed by atoms with Crippen LogP contribution in [0.1, 0.15) is 12.5 Å². The zero-order valence-corrected chi connectivity index (χ0v) is 6.70. The Morgan fingerprint density at radius 2 is 2.30 bits per heavy atom. The number of rotatable bonds is 1. The molecule has 1 heterocycles. The molecule has 0 atom stereocenters. The van der Waals surface area contributed by atoms with Crippen molar-refractivity contribution >= 4 is 11.6 Å². The largest absolute Gasteiger partial charge is 0.274 e. The van der Waals surface area contributed by atoms with Gasteiger partial charge >= 0.3 is 0 Å². The topological polar surface area (TPSA) is 37.8 Å². The fourth-order valence-electron chi connectivity index (χ4n) is 0.770. The lowest BCUT2D eigenvalue weighted by Crippen LogP contribution is -2.05. The lowest BCUT2D eigenvalue weighted by Gasteiger charge is -1.95. The molecule has 56 valence electrons. The maximum absolute atomic E-state index is 10.9. The summed E-state index contributed by atoms with van der Waals surface area (Å²) in [5, 5.41) is 3.10. The number of halogens is 1. The summed E-state index contributed by atoms with van der Waals surface area (Å²) in [6.45, 7) is 4.32. The third-order valence-corrected chi connectivity index (χ3v) is 1.93. The highest BCUT2D eigenvalue weighted by atomic mass is 35.5. The van der Waals surface area contributed by atoms with Crippen LogP contribution in [0.2, 0.25) is 5.15 Å². The number of nitrogens with zero attached hydrogens (tertiary/aromatic N) is 1. The van der Waals surface area contributed by atoms with Crippen LogP contribution < -0.4 is 5.56 Å². The Bertz CT molecular complexity index is 286. The van der Waals surface area contributed by atoms with Gasteiger partial charge in [-0.3, -0.25) is 14.6 Å². The summed E-state index contributed by atoms with van der Waals surface area (Å²) in [6.07, 6.45) is 0. The highest BCUT2D eigenvalue weighted by Gasteiger charge is 2.04. The Morgan fingerprint density at radius 3 is 2.50 bits per heavy atom. The van der Waals surface area contributed by atoms with Gasteiger partial charge in [0.05, 0.1) is 5.56 Å². The highest BCUT2D eigenvalue weighted by molar-refractivity contribution is 6.30. The summed E-state index contributed by atoms with van der Waals surface area (Å²) in [5.74, 6) is 0.